The van der Waals surface area contributed by atoms with Gasteiger partial charge in [0.15, 0.2) is 0 Å². The van der Waals surface area contributed by atoms with Gasteiger partial charge in [-0.2, -0.15) is 11.8 Å². The van der Waals surface area contributed by atoms with Crippen LogP contribution >= 0.6 is 11.8 Å². The highest BCUT2D eigenvalue weighted by Crippen LogP contribution is 2.19. The summed E-state index contributed by atoms with van der Waals surface area (Å²) in [4.78, 5) is 10.9. The Morgan fingerprint density at radius 2 is 2.11 bits per heavy atom. The molecule has 0 unspecified atom stereocenters. The topological polar surface area (TPSA) is 115 Å². The Morgan fingerprint density at radius 1 is 1.42 bits per heavy atom. The second-order valence-corrected chi connectivity index (χ2v) is 6.58. The van der Waals surface area contributed by atoms with Crippen LogP contribution in [0.25, 0.3) is 0 Å². The summed E-state index contributed by atoms with van der Waals surface area (Å²) in [6.45, 7) is 0.347. The molecule has 0 saturated heterocycles. The van der Waals surface area contributed by atoms with E-state index in [1.165, 1.54) is 18.2 Å². The number of sulfonamides is 1. The maximum atomic E-state index is 12.0. The lowest BCUT2D eigenvalue weighted by Gasteiger charge is -2.09. The number of benzene rings is 1. The first-order valence-electron chi connectivity index (χ1n) is 5.56. The molecule has 1 rings (SSSR count). The zero-order chi connectivity index (χ0) is 14.5. The van der Waals surface area contributed by atoms with Crippen LogP contribution in [-0.2, 0) is 10.0 Å². The first-order chi connectivity index (χ1) is 8.88. The lowest BCUT2D eigenvalue weighted by molar-refractivity contribution is 0.1000. The number of amides is 1. The third-order valence-electron chi connectivity index (χ3n) is 2.40. The number of carbonyl (C=O) groups excluding carboxylic acids is 1. The molecule has 0 saturated carbocycles. The predicted octanol–water partition coefficient (Wildman–Crippen LogP) is 0.399. The van der Waals surface area contributed by atoms with Crippen LogP contribution in [0, 0.1) is 0 Å². The molecule has 0 bridgehead atoms. The molecule has 0 fully saturated rings. The van der Waals surface area contributed by atoms with Crippen LogP contribution in [0.1, 0.15) is 16.8 Å². The Balaban J connectivity index is 2.87. The molecule has 8 heteroatoms. The van der Waals surface area contributed by atoms with Crippen LogP contribution in [-0.4, -0.2) is 32.9 Å². The van der Waals surface area contributed by atoms with Gasteiger partial charge in [0, 0.05) is 12.1 Å². The molecule has 0 atom stereocenters. The van der Waals surface area contributed by atoms with E-state index in [1.807, 2.05) is 6.26 Å². The van der Waals surface area contributed by atoms with Crippen molar-refractivity contribution in [2.75, 3.05) is 24.3 Å². The number of nitrogens with two attached hydrogens (primary N) is 2. The number of nitrogen functional groups attached to an aromatic ring is 1. The van der Waals surface area contributed by atoms with E-state index in [0.29, 0.717) is 6.54 Å². The first kappa shape index (κ1) is 15.8. The van der Waals surface area contributed by atoms with Gasteiger partial charge in [0.1, 0.15) is 4.90 Å². The fourth-order valence-electron chi connectivity index (χ4n) is 1.45. The van der Waals surface area contributed by atoms with Crippen LogP contribution in [0.4, 0.5) is 5.69 Å². The summed E-state index contributed by atoms with van der Waals surface area (Å²) >= 11 is 1.65. The minimum atomic E-state index is -3.65. The molecule has 19 heavy (non-hydrogen) atoms. The molecule has 1 amide bonds. The van der Waals surface area contributed by atoms with Crippen molar-refractivity contribution in [3.05, 3.63) is 23.8 Å². The number of carbonyl (C=O) groups is 1. The molecule has 0 aliphatic rings. The van der Waals surface area contributed by atoms with Gasteiger partial charge in [-0.05, 0) is 36.6 Å². The second-order valence-electron chi connectivity index (χ2n) is 3.86. The molecule has 0 aliphatic heterocycles. The smallest absolute Gasteiger partial charge is 0.248 e. The van der Waals surface area contributed by atoms with Gasteiger partial charge in [-0.25, -0.2) is 13.1 Å². The standard InChI is InChI=1S/C11H17N3O3S2/c1-18-6-2-5-14-19(16,17)10-4-3-8(11(13)15)7-9(10)12/h3-4,7,14H,2,5-6,12H2,1H3,(H2,13,15). The lowest BCUT2D eigenvalue weighted by atomic mass is 10.2. The zero-order valence-corrected chi connectivity index (χ0v) is 12.2. The van der Waals surface area contributed by atoms with E-state index in [4.69, 9.17) is 11.5 Å². The highest BCUT2D eigenvalue weighted by molar-refractivity contribution is 7.98. The second kappa shape index (κ2) is 6.78. The number of rotatable bonds is 7. The molecular formula is C11H17N3O3S2. The van der Waals surface area contributed by atoms with Gasteiger partial charge < -0.3 is 11.5 Å². The van der Waals surface area contributed by atoms with Gasteiger partial charge in [-0.1, -0.05) is 0 Å². The normalized spacial score (nSPS) is 11.4. The fourth-order valence-corrected chi connectivity index (χ4v) is 3.07. The van der Waals surface area contributed by atoms with Gasteiger partial charge in [0.2, 0.25) is 15.9 Å². The molecule has 0 radical (unpaired) electrons. The zero-order valence-electron chi connectivity index (χ0n) is 10.5. The molecule has 1 aromatic carbocycles. The van der Waals surface area contributed by atoms with Gasteiger partial charge in [0.05, 0.1) is 5.69 Å². The van der Waals surface area contributed by atoms with Crippen molar-refractivity contribution in [1.82, 2.24) is 4.72 Å². The summed E-state index contributed by atoms with van der Waals surface area (Å²) in [7, 11) is -3.65. The van der Waals surface area contributed by atoms with E-state index in [9.17, 15) is 13.2 Å². The summed E-state index contributed by atoms with van der Waals surface area (Å²) in [6, 6.07) is 3.89. The molecule has 1 aromatic rings. The summed E-state index contributed by atoms with van der Waals surface area (Å²) < 4.78 is 26.4. The summed E-state index contributed by atoms with van der Waals surface area (Å²) in [6.07, 6.45) is 2.69. The van der Waals surface area contributed by atoms with Gasteiger partial charge in [0.25, 0.3) is 0 Å². The first-order valence-corrected chi connectivity index (χ1v) is 8.44. The van der Waals surface area contributed by atoms with E-state index in [-0.39, 0.29) is 16.1 Å². The minimum Gasteiger partial charge on any atom is -0.398 e. The highest BCUT2D eigenvalue weighted by atomic mass is 32.2. The monoisotopic (exact) mass is 303 g/mol. The molecule has 5 N–H and O–H groups in total. The Kier molecular flexibility index (Phi) is 5.64. The van der Waals surface area contributed by atoms with Crippen molar-refractivity contribution in [3.8, 4) is 0 Å². The third kappa shape index (κ3) is 4.41. The SMILES string of the molecule is CSCCCNS(=O)(=O)c1ccc(C(N)=O)cc1N. The van der Waals surface area contributed by atoms with E-state index in [2.05, 4.69) is 4.72 Å². The van der Waals surface area contributed by atoms with Crippen molar-refractivity contribution >= 4 is 33.4 Å². The molecule has 6 nitrogen and oxygen atoms in total. The molecular weight excluding hydrogens is 286 g/mol. The number of hydrogen-bond acceptors (Lipinski definition) is 5. The van der Waals surface area contributed by atoms with Crippen LogP contribution < -0.4 is 16.2 Å². The van der Waals surface area contributed by atoms with Crippen LogP contribution in [0.15, 0.2) is 23.1 Å². The Hall–Kier alpha value is -1.25. The molecule has 0 aromatic heterocycles. The van der Waals surface area contributed by atoms with Crippen molar-refractivity contribution in [2.45, 2.75) is 11.3 Å². The minimum absolute atomic E-state index is 0.00802. The number of nitrogens with one attached hydrogen (secondary N) is 1. The maximum Gasteiger partial charge on any atom is 0.248 e. The molecule has 0 heterocycles. The quantitative estimate of drug-likeness (QED) is 0.498. The fraction of sp³-hybridized carbons (Fsp3) is 0.364. The number of hydrogen-bond donors (Lipinski definition) is 3. The van der Waals surface area contributed by atoms with Crippen LogP contribution in [0.2, 0.25) is 0 Å². The number of anilines is 1. The summed E-state index contributed by atoms with van der Waals surface area (Å²) in [5.74, 6) is 0.224. The van der Waals surface area contributed by atoms with Crippen molar-refractivity contribution in [3.63, 3.8) is 0 Å². The van der Waals surface area contributed by atoms with Crippen molar-refractivity contribution < 1.29 is 13.2 Å². The third-order valence-corrected chi connectivity index (χ3v) is 4.63. The van der Waals surface area contributed by atoms with E-state index in [0.717, 1.165) is 12.2 Å². The van der Waals surface area contributed by atoms with Crippen molar-refractivity contribution in [2.24, 2.45) is 5.73 Å². The summed E-state index contributed by atoms with van der Waals surface area (Å²) in [5, 5.41) is 0. The van der Waals surface area contributed by atoms with Crippen LogP contribution in [0.3, 0.4) is 0 Å². The van der Waals surface area contributed by atoms with Crippen molar-refractivity contribution in [1.29, 1.82) is 0 Å². The molecule has 0 spiro atoms. The average Bonchev–Trinajstić information content (AvgIpc) is 2.34. The molecule has 106 valence electrons. The number of primary amides is 1. The Bertz CT molecular complexity index is 558. The number of thioether (sulfide) groups is 1. The lowest BCUT2D eigenvalue weighted by Crippen LogP contribution is -2.26. The van der Waals surface area contributed by atoms with E-state index >= 15 is 0 Å². The van der Waals surface area contributed by atoms with Gasteiger partial charge in [-0.15, -0.1) is 0 Å². The van der Waals surface area contributed by atoms with Gasteiger partial charge >= 0.3 is 0 Å². The van der Waals surface area contributed by atoms with Crippen LogP contribution in [0.5, 0.6) is 0 Å². The van der Waals surface area contributed by atoms with E-state index in [1.54, 1.807) is 11.8 Å². The molecule has 0 aliphatic carbocycles. The highest BCUT2D eigenvalue weighted by Gasteiger charge is 2.17. The Morgan fingerprint density at radius 3 is 2.63 bits per heavy atom. The van der Waals surface area contributed by atoms with E-state index < -0.39 is 15.9 Å². The summed E-state index contributed by atoms with van der Waals surface area (Å²) in [5.41, 5.74) is 10.9. The predicted molar refractivity (Wildman–Crippen MR) is 77.6 cm³/mol. The largest absolute Gasteiger partial charge is 0.398 e. The average molecular weight is 303 g/mol. The maximum absolute atomic E-state index is 12.0. The van der Waals surface area contributed by atoms with Gasteiger partial charge in [-0.3, -0.25) is 4.79 Å². The Labute approximate surface area is 117 Å².